The van der Waals surface area contributed by atoms with Crippen molar-refractivity contribution in [3.63, 3.8) is 0 Å². The fourth-order valence-corrected chi connectivity index (χ4v) is 3.79. The summed E-state index contributed by atoms with van der Waals surface area (Å²) in [6.45, 7) is 7.45. The van der Waals surface area contributed by atoms with Gasteiger partial charge < -0.3 is 24.4 Å². The highest BCUT2D eigenvalue weighted by Gasteiger charge is 2.25. The van der Waals surface area contributed by atoms with Crippen LogP contribution in [0, 0.1) is 6.92 Å². The molecule has 0 bridgehead atoms. The first-order valence-corrected chi connectivity index (χ1v) is 10.4. The molecule has 7 heteroatoms. The normalized spacial score (nSPS) is 18.6. The summed E-state index contributed by atoms with van der Waals surface area (Å²) in [5.74, 6) is 0.790. The highest BCUT2D eigenvalue weighted by molar-refractivity contribution is 7.80. The number of methoxy groups -OCH3 is 1. The minimum atomic E-state index is -0.237. The minimum Gasteiger partial charge on any atom is -0.493 e. The van der Waals surface area contributed by atoms with Crippen molar-refractivity contribution in [3.8, 4) is 11.5 Å². The van der Waals surface area contributed by atoms with Crippen LogP contribution in [-0.2, 0) is 9.53 Å². The van der Waals surface area contributed by atoms with Crippen molar-refractivity contribution < 1.29 is 19.0 Å². The monoisotopic (exact) mass is 428 g/mol. The van der Waals surface area contributed by atoms with E-state index in [4.69, 9.17) is 26.4 Å². The smallest absolute Gasteiger partial charge is 0.262 e. The van der Waals surface area contributed by atoms with E-state index in [1.165, 1.54) is 0 Å². The SMILES string of the molecule is COc1cc(C(=S)N2C[C@@H](C)O[C@@H](C)C2)ccc1OCC(=O)Nc1cccc(C)c1. The number of aryl methyl sites for hydroxylation is 1. The van der Waals surface area contributed by atoms with E-state index in [-0.39, 0.29) is 24.7 Å². The fraction of sp³-hybridized carbons (Fsp3) is 0.391. The number of anilines is 1. The van der Waals surface area contributed by atoms with Gasteiger partial charge in [-0.3, -0.25) is 4.79 Å². The first-order valence-electron chi connectivity index (χ1n) is 9.98. The molecule has 0 spiro atoms. The Kier molecular flexibility index (Phi) is 7.29. The number of carbonyl (C=O) groups excluding carboxylic acids is 1. The molecule has 1 N–H and O–H groups in total. The Hall–Kier alpha value is -2.64. The largest absolute Gasteiger partial charge is 0.493 e. The second-order valence-corrected chi connectivity index (χ2v) is 7.93. The molecular weight excluding hydrogens is 400 g/mol. The number of carbonyl (C=O) groups is 1. The van der Waals surface area contributed by atoms with Crippen LogP contribution >= 0.6 is 12.2 Å². The summed E-state index contributed by atoms with van der Waals surface area (Å²) >= 11 is 5.70. The number of hydrogen-bond acceptors (Lipinski definition) is 5. The number of nitrogens with zero attached hydrogens (tertiary/aromatic N) is 1. The van der Waals surface area contributed by atoms with Crippen LogP contribution in [0.4, 0.5) is 5.69 Å². The predicted molar refractivity (Wildman–Crippen MR) is 122 cm³/mol. The molecule has 0 unspecified atom stereocenters. The van der Waals surface area contributed by atoms with Crippen LogP contribution in [0.2, 0.25) is 0 Å². The lowest BCUT2D eigenvalue weighted by Crippen LogP contribution is -2.47. The van der Waals surface area contributed by atoms with Gasteiger partial charge in [0.2, 0.25) is 0 Å². The van der Waals surface area contributed by atoms with Gasteiger partial charge in [-0.15, -0.1) is 0 Å². The van der Waals surface area contributed by atoms with E-state index in [2.05, 4.69) is 10.2 Å². The van der Waals surface area contributed by atoms with Gasteiger partial charge in [-0.25, -0.2) is 0 Å². The zero-order valence-corrected chi connectivity index (χ0v) is 18.6. The Morgan fingerprint density at radius 1 is 1.17 bits per heavy atom. The zero-order chi connectivity index (χ0) is 21.7. The molecule has 0 saturated carbocycles. The first kappa shape index (κ1) is 22.1. The highest BCUT2D eigenvalue weighted by Crippen LogP contribution is 2.29. The van der Waals surface area contributed by atoms with Crippen molar-refractivity contribution in [2.75, 3.05) is 32.1 Å². The van der Waals surface area contributed by atoms with Crippen LogP contribution in [0.15, 0.2) is 42.5 Å². The molecule has 1 aliphatic rings. The lowest BCUT2D eigenvalue weighted by Gasteiger charge is -2.37. The van der Waals surface area contributed by atoms with Crippen molar-refractivity contribution in [2.45, 2.75) is 33.0 Å². The van der Waals surface area contributed by atoms with Crippen LogP contribution < -0.4 is 14.8 Å². The third kappa shape index (κ3) is 5.70. The van der Waals surface area contributed by atoms with Crippen molar-refractivity contribution >= 4 is 28.8 Å². The number of morpholine rings is 1. The van der Waals surface area contributed by atoms with Gasteiger partial charge in [0.1, 0.15) is 4.99 Å². The van der Waals surface area contributed by atoms with Crippen LogP contribution in [0.5, 0.6) is 11.5 Å². The van der Waals surface area contributed by atoms with Crippen molar-refractivity contribution in [2.24, 2.45) is 0 Å². The Morgan fingerprint density at radius 3 is 2.57 bits per heavy atom. The van der Waals surface area contributed by atoms with E-state index >= 15 is 0 Å². The number of nitrogens with one attached hydrogen (secondary N) is 1. The molecule has 1 fully saturated rings. The average molecular weight is 429 g/mol. The van der Waals surface area contributed by atoms with Gasteiger partial charge in [0.15, 0.2) is 18.1 Å². The van der Waals surface area contributed by atoms with Gasteiger partial charge in [0.05, 0.1) is 19.3 Å². The molecule has 6 nitrogen and oxygen atoms in total. The summed E-state index contributed by atoms with van der Waals surface area (Å²) < 4.78 is 17.0. The Morgan fingerprint density at radius 2 is 1.90 bits per heavy atom. The van der Waals surface area contributed by atoms with Crippen LogP contribution in [0.1, 0.15) is 25.0 Å². The summed E-state index contributed by atoms with van der Waals surface area (Å²) in [4.78, 5) is 15.1. The molecule has 160 valence electrons. The number of ether oxygens (including phenoxy) is 3. The van der Waals surface area contributed by atoms with Gasteiger partial charge in [-0.1, -0.05) is 24.4 Å². The maximum absolute atomic E-state index is 12.2. The van der Waals surface area contributed by atoms with E-state index in [0.717, 1.165) is 34.9 Å². The molecule has 3 rings (SSSR count). The van der Waals surface area contributed by atoms with Crippen molar-refractivity contribution in [1.82, 2.24) is 4.90 Å². The van der Waals surface area contributed by atoms with Crippen LogP contribution in [0.3, 0.4) is 0 Å². The number of rotatable bonds is 6. The molecular formula is C23H28N2O4S. The first-order chi connectivity index (χ1) is 14.4. The maximum Gasteiger partial charge on any atom is 0.262 e. The third-order valence-corrected chi connectivity index (χ3v) is 5.27. The minimum absolute atomic E-state index is 0.118. The molecule has 30 heavy (non-hydrogen) atoms. The van der Waals surface area contributed by atoms with E-state index < -0.39 is 0 Å². The predicted octanol–water partition coefficient (Wildman–Crippen LogP) is 3.81. The summed E-state index contributed by atoms with van der Waals surface area (Å²) in [7, 11) is 1.57. The zero-order valence-electron chi connectivity index (χ0n) is 17.8. The summed E-state index contributed by atoms with van der Waals surface area (Å²) in [5, 5.41) is 2.83. The van der Waals surface area contributed by atoms with E-state index in [1.54, 1.807) is 13.2 Å². The maximum atomic E-state index is 12.2. The molecule has 1 saturated heterocycles. The molecule has 1 aliphatic heterocycles. The van der Waals surface area contributed by atoms with Gasteiger partial charge in [0, 0.05) is 24.3 Å². The second kappa shape index (κ2) is 9.91. The van der Waals surface area contributed by atoms with E-state index in [0.29, 0.717) is 11.5 Å². The van der Waals surface area contributed by atoms with Gasteiger partial charge in [-0.2, -0.15) is 0 Å². The summed E-state index contributed by atoms with van der Waals surface area (Å²) in [6.07, 6.45) is 0.256. The second-order valence-electron chi connectivity index (χ2n) is 7.54. The number of thiocarbonyl (C=S) groups is 1. The average Bonchev–Trinajstić information content (AvgIpc) is 2.71. The van der Waals surface area contributed by atoms with Gasteiger partial charge in [-0.05, 0) is 56.7 Å². The Bertz CT molecular complexity index is 908. The molecule has 1 heterocycles. The van der Waals surface area contributed by atoms with Gasteiger partial charge >= 0.3 is 0 Å². The van der Waals surface area contributed by atoms with Gasteiger partial charge in [0.25, 0.3) is 5.91 Å². The lowest BCUT2D eigenvalue weighted by molar-refractivity contribution is -0.118. The number of amides is 1. The topological polar surface area (TPSA) is 60.0 Å². The molecule has 1 amide bonds. The van der Waals surface area contributed by atoms with Crippen LogP contribution in [0.25, 0.3) is 0 Å². The quantitative estimate of drug-likeness (QED) is 0.706. The fourth-order valence-electron chi connectivity index (χ4n) is 3.51. The lowest BCUT2D eigenvalue weighted by atomic mass is 10.1. The third-order valence-electron chi connectivity index (χ3n) is 4.78. The number of benzene rings is 2. The van der Waals surface area contributed by atoms with E-state index in [9.17, 15) is 4.79 Å². The standard InChI is InChI=1S/C23H28N2O4S/c1-15-6-5-7-19(10-15)24-22(26)14-28-20-9-8-18(11-21(20)27-4)23(30)25-12-16(2)29-17(3)13-25/h5-11,16-17H,12-14H2,1-4H3,(H,24,26)/t16-,17+. The summed E-state index contributed by atoms with van der Waals surface area (Å²) in [6, 6.07) is 13.1. The summed E-state index contributed by atoms with van der Waals surface area (Å²) in [5.41, 5.74) is 2.69. The Balaban J connectivity index is 1.64. The highest BCUT2D eigenvalue weighted by atomic mass is 32.1. The molecule has 2 aromatic carbocycles. The van der Waals surface area contributed by atoms with Crippen molar-refractivity contribution in [3.05, 3.63) is 53.6 Å². The van der Waals surface area contributed by atoms with E-state index in [1.807, 2.05) is 57.2 Å². The Labute approximate surface area is 183 Å². The molecule has 0 aromatic heterocycles. The number of hydrogen-bond donors (Lipinski definition) is 1. The molecule has 2 aromatic rings. The molecule has 0 aliphatic carbocycles. The molecule has 0 radical (unpaired) electrons. The van der Waals surface area contributed by atoms with Crippen LogP contribution in [-0.4, -0.2) is 54.8 Å². The molecule has 2 atom stereocenters. The van der Waals surface area contributed by atoms with Crippen molar-refractivity contribution in [1.29, 1.82) is 0 Å².